The molecule has 6 heteroatoms. The van der Waals surface area contributed by atoms with Gasteiger partial charge in [-0.25, -0.2) is 4.98 Å². The number of hydrogen-bond acceptors (Lipinski definition) is 5. The fourth-order valence-electron chi connectivity index (χ4n) is 2.54. The summed E-state index contributed by atoms with van der Waals surface area (Å²) in [6.07, 6.45) is 0.872. The van der Waals surface area contributed by atoms with Crippen LogP contribution in [0.25, 0.3) is 11.0 Å². The van der Waals surface area contributed by atoms with Crippen molar-refractivity contribution >= 4 is 17.0 Å². The minimum atomic E-state index is 0.196. The van der Waals surface area contributed by atoms with Gasteiger partial charge >= 0.3 is 0 Å². The molecule has 0 aliphatic carbocycles. The maximum Gasteiger partial charge on any atom is 0.204 e. The molecule has 0 fully saturated rings. The fourth-order valence-corrected chi connectivity index (χ4v) is 2.54. The van der Waals surface area contributed by atoms with Crippen LogP contribution in [0, 0.1) is 6.92 Å². The number of hydrogen-bond donors (Lipinski definition) is 3. The molecule has 2 aromatic heterocycles. The van der Waals surface area contributed by atoms with Gasteiger partial charge in [-0.3, -0.25) is 4.98 Å². The Morgan fingerprint density at radius 2 is 2.00 bits per heavy atom. The zero-order chi connectivity index (χ0) is 16.2. The third kappa shape index (κ3) is 3.27. The zero-order valence-corrected chi connectivity index (χ0v) is 13.2. The number of para-hydroxylation sites is 2. The van der Waals surface area contributed by atoms with Gasteiger partial charge in [0.15, 0.2) is 0 Å². The number of pyridine rings is 1. The fraction of sp³-hybridized carbons (Fsp3) is 0.294. The minimum absolute atomic E-state index is 0.196. The van der Waals surface area contributed by atoms with E-state index in [1.807, 2.05) is 35.8 Å². The number of aromatic hydroxyl groups is 1. The van der Waals surface area contributed by atoms with E-state index in [1.54, 1.807) is 12.1 Å². The first-order valence-corrected chi connectivity index (χ1v) is 7.73. The van der Waals surface area contributed by atoms with Crippen molar-refractivity contribution in [2.24, 2.45) is 5.73 Å². The Labute approximate surface area is 135 Å². The normalized spacial score (nSPS) is 11.0. The lowest BCUT2D eigenvalue weighted by Crippen LogP contribution is -2.13. The number of imidazole rings is 1. The summed E-state index contributed by atoms with van der Waals surface area (Å²) in [4.78, 5) is 9.08. The van der Waals surface area contributed by atoms with Crippen molar-refractivity contribution in [1.29, 1.82) is 0 Å². The van der Waals surface area contributed by atoms with Gasteiger partial charge in [-0.2, -0.15) is 0 Å². The molecule has 0 saturated carbocycles. The smallest absolute Gasteiger partial charge is 0.204 e. The molecule has 0 aliphatic heterocycles. The number of anilines is 1. The number of benzene rings is 1. The lowest BCUT2D eigenvalue weighted by molar-refractivity contribution is 0.461. The van der Waals surface area contributed by atoms with Crippen LogP contribution in [0.2, 0.25) is 0 Å². The molecule has 0 atom stereocenters. The van der Waals surface area contributed by atoms with Gasteiger partial charge in [0.05, 0.1) is 17.6 Å². The zero-order valence-electron chi connectivity index (χ0n) is 13.2. The van der Waals surface area contributed by atoms with Crippen molar-refractivity contribution in [1.82, 2.24) is 14.5 Å². The average molecular weight is 311 g/mol. The monoisotopic (exact) mass is 311 g/mol. The van der Waals surface area contributed by atoms with E-state index in [-0.39, 0.29) is 5.75 Å². The highest BCUT2D eigenvalue weighted by atomic mass is 16.3. The van der Waals surface area contributed by atoms with Crippen molar-refractivity contribution in [2.75, 3.05) is 18.4 Å². The van der Waals surface area contributed by atoms with Gasteiger partial charge in [-0.15, -0.1) is 0 Å². The van der Waals surface area contributed by atoms with E-state index < -0.39 is 0 Å². The lowest BCUT2D eigenvalue weighted by Gasteiger charge is -2.11. The van der Waals surface area contributed by atoms with Crippen LogP contribution in [0.1, 0.15) is 17.8 Å². The van der Waals surface area contributed by atoms with E-state index in [0.717, 1.165) is 35.6 Å². The van der Waals surface area contributed by atoms with Crippen molar-refractivity contribution in [3.63, 3.8) is 0 Å². The van der Waals surface area contributed by atoms with Crippen molar-refractivity contribution in [2.45, 2.75) is 19.9 Å². The van der Waals surface area contributed by atoms with Gasteiger partial charge in [0, 0.05) is 12.2 Å². The van der Waals surface area contributed by atoms with Gasteiger partial charge < -0.3 is 20.7 Å². The van der Waals surface area contributed by atoms with Crippen molar-refractivity contribution < 1.29 is 5.11 Å². The highest BCUT2D eigenvalue weighted by Gasteiger charge is 2.13. The van der Waals surface area contributed by atoms with Crippen LogP contribution in [0.15, 0.2) is 36.4 Å². The SMILES string of the molecule is Cc1ccc(O)c(Cn2c(NCCCN)nc3ccccc32)n1. The summed E-state index contributed by atoms with van der Waals surface area (Å²) in [6.45, 7) is 3.76. The lowest BCUT2D eigenvalue weighted by atomic mass is 10.2. The number of aryl methyl sites for hydroxylation is 1. The second kappa shape index (κ2) is 6.66. The number of fused-ring (bicyclic) bond motifs is 1. The molecule has 0 radical (unpaired) electrons. The average Bonchev–Trinajstić information content (AvgIpc) is 2.89. The topological polar surface area (TPSA) is 89.0 Å². The van der Waals surface area contributed by atoms with Crippen LogP contribution in [0.3, 0.4) is 0 Å². The van der Waals surface area contributed by atoms with Crippen LogP contribution in [-0.2, 0) is 6.54 Å². The molecule has 0 unspecified atom stereocenters. The first-order chi connectivity index (χ1) is 11.2. The largest absolute Gasteiger partial charge is 0.506 e. The van der Waals surface area contributed by atoms with E-state index in [4.69, 9.17) is 5.73 Å². The molecule has 120 valence electrons. The summed E-state index contributed by atoms with van der Waals surface area (Å²) in [6, 6.07) is 11.4. The molecule has 0 bridgehead atoms. The number of nitrogens with one attached hydrogen (secondary N) is 1. The predicted molar refractivity (Wildman–Crippen MR) is 91.6 cm³/mol. The first kappa shape index (κ1) is 15.3. The van der Waals surface area contributed by atoms with Gasteiger partial charge in [0.2, 0.25) is 5.95 Å². The van der Waals surface area contributed by atoms with Gasteiger partial charge in [-0.05, 0) is 44.2 Å². The number of nitrogens with two attached hydrogens (primary N) is 1. The predicted octanol–water partition coefficient (Wildman–Crippen LogP) is 2.25. The minimum Gasteiger partial charge on any atom is -0.506 e. The Balaban J connectivity index is 2.00. The summed E-state index contributed by atoms with van der Waals surface area (Å²) in [5.74, 6) is 0.962. The molecule has 2 heterocycles. The van der Waals surface area contributed by atoms with Crippen LogP contribution in [0.5, 0.6) is 5.75 Å². The maximum atomic E-state index is 10.1. The molecule has 0 amide bonds. The molecular formula is C17H21N5O. The highest BCUT2D eigenvalue weighted by molar-refractivity contribution is 5.78. The number of rotatable bonds is 6. The molecule has 0 saturated heterocycles. The molecule has 6 nitrogen and oxygen atoms in total. The Kier molecular flexibility index (Phi) is 4.43. The summed E-state index contributed by atoms with van der Waals surface area (Å²) >= 11 is 0. The Hall–Kier alpha value is -2.60. The van der Waals surface area contributed by atoms with Crippen molar-refractivity contribution in [3.8, 4) is 5.75 Å². The quantitative estimate of drug-likeness (QED) is 0.608. The molecule has 4 N–H and O–H groups in total. The Morgan fingerprint density at radius 3 is 2.83 bits per heavy atom. The maximum absolute atomic E-state index is 10.1. The second-order valence-corrected chi connectivity index (χ2v) is 5.50. The summed E-state index contributed by atoms with van der Waals surface area (Å²) in [5.41, 5.74) is 8.98. The van der Waals surface area contributed by atoms with E-state index in [2.05, 4.69) is 15.3 Å². The van der Waals surface area contributed by atoms with E-state index in [1.165, 1.54) is 0 Å². The summed E-state index contributed by atoms with van der Waals surface area (Å²) in [7, 11) is 0. The molecular weight excluding hydrogens is 290 g/mol. The summed E-state index contributed by atoms with van der Waals surface area (Å²) in [5, 5.41) is 13.4. The molecule has 3 rings (SSSR count). The van der Waals surface area contributed by atoms with E-state index in [9.17, 15) is 5.11 Å². The Bertz CT molecular complexity index is 812. The highest BCUT2D eigenvalue weighted by Crippen LogP contribution is 2.23. The first-order valence-electron chi connectivity index (χ1n) is 7.73. The standard InChI is InChI=1S/C17H21N5O/c1-12-7-8-16(23)14(20-12)11-22-15-6-3-2-5-13(15)21-17(22)19-10-4-9-18/h2-3,5-8,23H,4,9-11,18H2,1H3,(H,19,21). The molecule has 23 heavy (non-hydrogen) atoms. The Morgan fingerprint density at radius 1 is 1.17 bits per heavy atom. The van der Waals surface area contributed by atoms with Gasteiger partial charge in [0.1, 0.15) is 11.4 Å². The van der Waals surface area contributed by atoms with E-state index >= 15 is 0 Å². The second-order valence-electron chi connectivity index (χ2n) is 5.50. The molecule has 1 aromatic carbocycles. The number of nitrogens with zero attached hydrogens (tertiary/aromatic N) is 3. The van der Waals surface area contributed by atoms with Gasteiger partial charge in [-0.1, -0.05) is 12.1 Å². The van der Waals surface area contributed by atoms with Crippen LogP contribution < -0.4 is 11.1 Å². The summed E-state index contributed by atoms with van der Waals surface area (Å²) < 4.78 is 2.04. The van der Waals surface area contributed by atoms with Gasteiger partial charge in [0.25, 0.3) is 0 Å². The third-order valence-electron chi connectivity index (χ3n) is 3.72. The van der Waals surface area contributed by atoms with E-state index in [0.29, 0.717) is 18.8 Å². The van der Waals surface area contributed by atoms with Crippen LogP contribution >= 0.6 is 0 Å². The number of aromatic nitrogens is 3. The molecule has 0 aliphatic rings. The van der Waals surface area contributed by atoms with Crippen molar-refractivity contribution in [3.05, 3.63) is 47.8 Å². The van der Waals surface area contributed by atoms with Crippen LogP contribution in [0.4, 0.5) is 5.95 Å². The third-order valence-corrected chi connectivity index (χ3v) is 3.72. The van der Waals surface area contributed by atoms with Crippen LogP contribution in [-0.4, -0.2) is 32.7 Å². The molecule has 3 aromatic rings. The molecule has 0 spiro atoms.